The van der Waals surface area contributed by atoms with Crippen LogP contribution in [0.2, 0.25) is 0 Å². The molecule has 1 aromatic heterocycles. The van der Waals surface area contributed by atoms with Crippen LogP contribution in [0.15, 0.2) is 17.5 Å². The van der Waals surface area contributed by atoms with Crippen molar-refractivity contribution in [2.45, 2.75) is 12.1 Å². The van der Waals surface area contributed by atoms with E-state index in [0.29, 0.717) is 26.4 Å². The average molecular weight is 353 g/mol. The number of rotatable bonds is 4. The first-order chi connectivity index (χ1) is 11.6. The molecule has 1 spiro atoms. The molecule has 7 heteroatoms. The predicted octanol–water partition coefficient (Wildman–Crippen LogP) is 0.740. The van der Waals surface area contributed by atoms with Gasteiger partial charge in [0, 0.05) is 51.7 Å². The minimum Gasteiger partial charge on any atom is -0.377 e. The van der Waals surface area contributed by atoms with Crippen molar-refractivity contribution in [1.82, 2.24) is 14.7 Å². The lowest BCUT2D eigenvalue weighted by Gasteiger charge is -2.43. The number of carbonyl (C=O) groups is 1. The van der Waals surface area contributed by atoms with E-state index in [2.05, 4.69) is 27.3 Å². The van der Waals surface area contributed by atoms with Gasteiger partial charge in [-0.05, 0) is 11.4 Å². The van der Waals surface area contributed by atoms with Gasteiger partial charge in [-0.25, -0.2) is 0 Å². The second-order valence-corrected chi connectivity index (χ2v) is 7.91. The van der Waals surface area contributed by atoms with Crippen LogP contribution in [0, 0.1) is 0 Å². The van der Waals surface area contributed by atoms with Crippen LogP contribution in [0.1, 0.15) is 4.88 Å². The summed E-state index contributed by atoms with van der Waals surface area (Å²) in [5.41, 5.74) is -0.335. The van der Waals surface area contributed by atoms with Crippen LogP contribution in [-0.2, 0) is 20.8 Å². The summed E-state index contributed by atoms with van der Waals surface area (Å²) in [6, 6.07) is 4.28. The molecule has 0 saturated carbocycles. The number of thiophene rings is 1. The Bertz CT molecular complexity index is 537. The van der Waals surface area contributed by atoms with E-state index >= 15 is 0 Å². The van der Waals surface area contributed by atoms with Gasteiger partial charge in [0.2, 0.25) is 5.91 Å². The van der Waals surface area contributed by atoms with Crippen LogP contribution in [0.4, 0.5) is 0 Å². The summed E-state index contributed by atoms with van der Waals surface area (Å²) in [4.78, 5) is 19.7. The predicted molar refractivity (Wildman–Crippen MR) is 94.2 cm³/mol. The van der Waals surface area contributed by atoms with Crippen LogP contribution < -0.4 is 0 Å². The molecule has 134 valence electrons. The fraction of sp³-hybridized carbons (Fsp3) is 0.706. The zero-order valence-corrected chi connectivity index (χ0v) is 15.4. The minimum atomic E-state index is -0.335. The monoisotopic (exact) mass is 353 g/mol. The molecule has 1 atom stereocenters. The van der Waals surface area contributed by atoms with E-state index in [1.165, 1.54) is 4.88 Å². The van der Waals surface area contributed by atoms with Gasteiger partial charge < -0.3 is 14.4 Å². The zero-order chi connectivity index (χ0) is 17.0. The van der Waals surface area contributed by atoms with Crippen LogP contribution in [0.3, 0.4) is 0 Å². The topological polar surface area (TPSA) is 45.2 Å². The number of carbonyl (C=O) groups excluding carboxylic acids is 1. The molecule has 2 aliphatic rings. The number of nitrogens with zero attached hydrogens (tertiary/aromatic N) is 3. The van der Waals surface area contributed by atoms with Crippen LogP contribution in [-0.4, -0.2) is 92.8 Å². The van der Waals surface area contributed by atoms with E-state index in [1.54, 1.807) is 30.3 Å². The molecule has 1 aromatic rings. The lowest BCUT2D eigenvalue weighted by molar-refractivity contribution is -0.145. The van der Waals surface area contributed by atoms with Crippen LogP contribution >= 0.6 is 11.3 Å². The van der Waals surface area contributed by atoms with Crippen LogP contribution in [0.25, 0.3) is 0 Å². The Balaban J connectivity index is 1.64. The summed E-state index contributed by atoms with van der Waals surface area (Å²) in [6.07, 6.45) is 0. The van der Waals surface area contributed by atoms with Gasteiger partial charge in [-0.1, -0.05) is 6.07 Å². The largest absolute Gasteiger partial charge is 0.377 e. The molecule has 24 heavy (non-hydrogen) atoms. The molecule has 2 aliphatic heterocycles. The van der Waals surface area contributed by atoms with Gasteiger partial charge in [0.1, 0.15) is 5.60 Å². The van der Waals surface area contributed by atoms with Gasteiger partial charge in [0.25, 0.3) is 0 Å². The lowest BCUT2D eigenvalue weighted by Crippen LogP contribution is -2.59. The molecule has 2 saturated heterocycles. The van der Waals surface area contributed by atoms with Crippen molar-refractivity contribution in [2.75, 3.05) is 66.6 Å². The standard InChI is InChI=1S/C17H27N3O3S/c1-18(2)16(21)11-20-5-7-22-14-17(13-20)12-19(6-8-23-17)10-15-4-3-9-24-15/h3-4,9H,5-8,10-14H2,1-2H3/t17-/m1/s1. The fourth-order valence-corrected chi connectivity index (χ4v) is 4.06. The Kier molecular flexibility index (Phi) is 5.89. The van der Waals surface area contributed by atoms with Gasteiger partial charge in [-0.3, -0.25) is 14.6 Å². The third-order valence-electron chi connectivity index (χ3n) is 4.57. The summed E-state index contributed by atoms with van der Waals surface area (Å²) < 4.78 is 12.0. The number of amides is 1. The van der Waals surface area contributed by atoms with Crippen molar-refractivity contribution in [3.63, 3.8) is 0 Å². The molecular weight excluding hydrogens is 326 g/mol. The molecular formula is C17H27N3O3S. The summed E-state index contributed by atoms with van der Waals surface area (Å²) >= 11 is 1.79. The second-order valence-electron chi connectivity index (χ2n) is 6.87. The van der Waals surface area contributed by atoms with Gasteiger partial charge in [-0.15, -0.1) is 11.3 Å². The molecule has 0 bridgehead atoms. The van der Waals surface area contributed by atoms with Crippen molar-refractivity contribution in [2.24, 2.45) is 0 Å². The minimum absolute atomic E-state index is 0.123. The molecule has 0 unspecified atom stereocenters. The van der Waals surface area contributed by atoms with E-state index in [1.807, 2.05) is 0 Å². The lowest BCUT2D eigenvalue weighted by atomic mass is 10.0. The van der Waals surface area contributed by atoms with E-state index in [0.717, 1.165) is 32.7 Å². The maximum atomic E-state index is 12.1. The van der Waals surface area contributed by atoms with Gasteiger partial charge in [-0.2, -0.15) is 0 Å². The Morgan fingerprint density at radius 3 is 2.83 bits per heavy atom. The normalized spacial score (nSPS) is 26.4. The molecule has 6 nitrogen and oxygen atoms in total. The zero-order valence-electron chi connectivity index (χ0n) is 14.6. The SMILES string of the molecule is CN(C)C(=O)CN1CCOC[C@]2(C1)CN(Cc1cccs1)CCO2. The third-order valence-corrected chi connectivity index (χ3v) is 5.43. The molecule has 3 heterocycles. The van der Waals surface area contributed by atoms with Crippen molar-refractivity contribution in [3.8, 4) is 0 Å². The van der Waals surface area contributed by atoms with E-state index in [9.17, 15) is 4.79 Å². The Labute approximate surface area is 147 Å². The van der Waals surface area contributed by atoms with Crippen LogP contribution in [0.5, 0.6) is 0 Å². The fourth-order valence-electron chi connectivity index (χ4n) is 3.32. The number of hydrogen-bond acceptors (Lipinski definition) is 6. The van der Waals surface area contributed by atoms with E-state index in [4.69, 9.17) is 9.47 Å². The van der Waals surface area contributed by atoms with Crippen molar-refractivity contribution in [1.29, 1.82) is 0 Å². The summed E-state index contributed by atoms with van der Waals surface area (Å²) in [5, 5.41) is 2.12. The number of morpholine rings is 1. The highest BCUT2D eigenvalue weighted by atomic mass is 32.1. The smallest absolute Gasteiger partial charge is 0.236 e. The third kappa shape index (κ3) is 4.55. The number of likely N-dealkylation sites (N-methyl/N-ethyl adjacent to an activating group) is 1. The first kappa shape index (κ1) is 17.8. The molecule has 0 aliphatic carbocycles. The first-order valence-electron chi connectivity index (χ1n) is 8.45. The average Bonchev–Trinajstić information content (AvgIpc) is 2.97. The molecule has 0 radical (unpaired) electrons. The second kappa shape index (κ2) is 7.93. The molecule has 3 rings (SSSR count). The van der Waals surface area contributed by atoms with Gasteiger partial charge in [0.15, 0.2) is 0 Å². The summed E-state index contributed by atoms with van der Waals surface area (Å²) in [6.45, 7) is 6.64. The van der Waals surface area contributed by atoms with Crippen molar-refractivity contribution < 1.29 is 14.3 Å². The van der Waals surface area contributed by atoms with Crippen molar-refractivity contribution in [3.05, 3.63) is 22.4 Å². The maximum Gasteiger partial charge on any atom is 0.236 e. The number of ether oxygens (including phenoxy) is 2. The molecule has 2 fully saturated rings. The Morgan fingerprint density at radius 2 is 2.08 bits per heavy atom. The van der Waals surface area contributed by atoms with Gasteiger partial charge in [0.05, 0.1) is 26.4 Å². The summed E-state index contributed by atoms with van der Waals surface area (Å²) in [5.74, 6) is 0.123. The van der Waals surface area contributed by atoms with E-state index in [-0.39, 0.29) is 11.5 Å². The highest BCUT2D eigenvalue weighted by Crippen LogP contribution is 2.24. The number of hydrogen-bond donors (Lipinski definition) is 0. The summed E-state index contributed by atoms with van der Waals surface area (Å²) in [7, 11) is 3.60. The molecule has 0 aromatic carbocycles. The van der Waals surface area contributed by atoms with Crippen molar-refractivity contribution >= 4 is 17.2 Å². The quantitative estimate of drug-likeness (QED) is 0.799. The molecule has 0 N–H and O–H groups in total. The highest BCUT2D eigenvalue weighted by Gasteiger charge is 2.40. The van der Waals surface area contributed by atoms with E-state index < -0.39 is 0 Å². The maximum absolute atomic E-state index is 12.1. The Hall–Kier alpha value is -0.990. The molecule has 1 amide bonds. The Morgan fingerprint density at radius 1 is 1.29 bits per heavy atom. The van der Waals surface area contributed by atoms with Gasteiger partial charge >= 0.3 is 0 Å². The first-order valence-corrected chi connectivity index (χ1v) is 9.33. The highest BCUT2D eigenvalue weighted by molar-refractivity contribution is 7.09.